The van der Waals surface area contributed by atoms with E-state index in [0.29, 0.717) is 35.2 Å². The van der Waals surface area contributed by atoms with Gasteiger partial charge in [0.1, 0.15) is 11.6 Å². The highest BCUT2D eigenvalue weighted by atomic mass is 16.2. The summed E-state index contributed by atoms with van der Waals surface area (Å²) in [5, 5.41) is 0. The average Bonchev–Trinajstić information content (AvgIpc) is 3.24. The van der Waals surface area contributed by atoms with Crippen molar-refractivity contribution < 1.29 is 14.4 Å². The number of Topliss-reactive ketones (excluding diaryl/α,β-unsaturated/α-hetero) is 3. The van der Waals surface area contributed by atoms with Crippen LogP contribution in [0.2, 0.25) is 0 Å². The van der Waals surface area contributed by atoms with Crippen molar-refractivity contribution in [3.05, 3.63) is 48.0 Å². The summed E-state index contributed by atoms with van der Waals surface area (Å²) in [6.07, 6.45) is 6.26. The Morgan fingerprint density at radius 1 is 0.852 bits per heavy atom. The van der Waals surface area contributed by atoms with E-state index in [1.165, 1.54) is 0 Å². The Kier molecular flexibility index (Phi) is 1.96. The van der Waals surface area contributed by atoms with E-state index in [2.05, 4.69) is 12.2 Å². The van der Waals surface area contributed by atoms with Gasteiger partial charge in [-0.05, 0) is 42.4 Å². The number of fused-ring (bicyclic) bond motifs is 2. The molecule has 8 aliphatic rings. The van der Waals surface area contributed by atoms with Crippen LogP contribution < -0.4 is 0 Å². The molecule has 0 radical (unpaired) electrons. The summed E-state index contributed by atoms with van der Waals surface area (Å²) < 4.78 is 0. The lowest BCUT2D eigenvalue weighted by molar-refractivity contribution is -0.239. The van der Waals surface area contributed by atoms with Crippen molar-refractivity contribution >= 4 is 17.3 Å². The third kappa shape index (κ3) is 0.992. The second-order valence-electron chi connectivity index (χ2n) is 10.2. The molecule has 8 aliphatic carbocycles. The first-order valence-corrected chi connectivity index (χ1v) is 10.5. The zero-order chi connectivity index (χ0) is 17.9. The Morgan fingerprint density at radius 2 is 1.52 bits per heavy atom. The fourth-order valence-electron chi connectivity index (χ4n) is 10.3. The number of carbonyl (C=O) groups excluding carboxylic acids is 3. The highest BCUT2D eigenvalue weighted by Crippen LogP contribution is 2.95. The summed E-state index contributed by atoms with van der Waals surface area (Å²) in [6, 6.07) is 9.53. The minimum absolute atomic E-state index is 0.000368. The van der Waals surface area contributed by atoms with Crippen LogP contribution >= 0.6 is 0 Å². The van der Waals surface area contributed by atoms with Crippen LogP contribution in [0.5, 0.6) is 0 Å². The molecule has 0 aromatic heterocycles. The lowest BCUT2D eigenvalue weighted by Gasteiger charge is -2.73. The van der Waals surface area contributed by atoms with Crippen molar-refractivity contribution in [2.24, 2.45) is 64.1 Å². The minimum atomic E-state index is -0.515. The van der Waals surface area contributed by atoms with E-state index in [1.807, 2.05) is 30.3 Å². The molecule has 0 aliphatic heterocycles. The quantitative estimate of drug-likeness (QED) is 0.605. The molecule has 0 amide bonds. The molecule has 9 rings (SSSR count). The SMILES string of the molecule is O=C(c1ccccc1)[C@@H]1C[C@@H]2C=C[C@H]1[C@]13C(=O)[C@H]4[C@@H]5C[C@@H]6[C@H]4C(=O)[C@]21[C@@H]6[C@@H]53. The maximum atomic E-state index is 13.8. The zero-order valence-electron chi connectivity index (χ0n) is 14.9. The van der Waals surface area contributed by atoms with Crippen molar-refractivity contribution in [2.75, 3.05) is 0 Å². The van der Waals surface area contributed by atoms with Gasteiger partial charge in [-0.15, -0.1) is 0 Å². The standard InChI is InChI=1S/C24H20O3/c25-20(10-4-2-1-3-5-10)12-8-11-6-7-15(12)24-19-14-9-13-16(17(14)22(24)27)21(26)23(11,24)18(13)19/h1-7,11-19H,8-9H2/t11-,12+,13+,14-,15+,16+,17-,18-,19+,23+,24-/m0/s1. The van der Waals surface area contributed by atoms with Crippen molar-refractivity contribution in [1.82, 2.24) is 0 Å². The van der Waals surface area contributed by atoms with Crippen molar-refractivity contribution in [3.63, 3.8) is 0 Å². The number of rotatable bonds is 2. The Bertz CT molecular complexity index is 1020. The molecular formula is C24H20O3. The summed E-state index contributed by atoms with van der Waals surface area (Å²) in [5.74, 6) is 2.71. The summed E-state index contributed by atoms with van der Waals surface area (Å²) in [5.41, 5.74) is -0.183. The number of ketones is 3. The fraction of sp³-hybridized carbons (Fsp3) is 0.542. The van der Waals surface area contributed by atoms with Gasteiger partial charge >= 0.3 is 0 Å². The van der Waals surface area contributed by atoms with Crippen LogP contribution in [0.4, 0.5) is 0 Å². The predicted molar refractivity (Wildman–Crippen MR) is 95.4 cm³/mol. The monoisotopic (exact) mass is 356 g/mol. The second-order valence-corrected chi connectivity index (χ2v) is 10.2. The molecule has 0 N–H and O–H groups in total. The number of hydrogen-bond donors (Lipinski definition) is 0. The third-order valence-electron chi connectivity index (χ3n) is 10.3. The first-order valence-electron chi connectivity index (χ1n) is 10.5. The predicted octanol–water partition coefficient (Wildman–Crippen LogP) is 2.96. The number of hydrogen-bond acceptors (Lipinski definition) is 3. The molecular weight excluding hydrogens is 336 g/mol. The first kappa shape index (κ1) is 14.0. The van der Waals surface area contributed by atoms with Gasteiger partial charge in [-0.25, -0.2) is 0 Å². The normalized spacial score (nSPS) is 58.9. The third-order valence-corrected chi connectivity index (χ3v) is 10.3. The smallest absolute Gasteiger partial charge is 0.166 e. The van der Waals surface area contributed by atoms with Gasteiger partial charge in [-0.1, -0.05) is 42.5 Å². The molecule has 1 aromatic rings. The Morgan fingerprint density at radius 3 is 2.26 bits per heavy atom. The zero-order valence-corrected chi connectivity index (χ0v) is 14.9. The van der Waals surface area contributed by atoms with Gasteiger partial charge in [-0.2, -0.15) is 0 Å². The van der Waals surface area contributed by atoms with E-state index in [0.717, 1.165) is 18.4 Å². The van der Waals surface area contributed by atoms with Gasteiger partial charge in [0.05, 0.1) is 10.8 Å². The van der Waals surface area contributed by atoms with Crippen LogP contribution in [0, 0.1) is 64.1 Å². The molecule has 2 spiro atoms. The van der Waals surface area contributed by atoms with Crippen molar-refractivity contribution in [2.45, 2.75) is 12.8 Å². The summed E-state index contributed by atoms with van der Waals surface area (Å²) in [4.78, 5) is 40.9. The number of benzene rings is 1. The van der Waals surface area contributed by atoms with Crippen LogP contribution in [0.25, 0.3) is 0 Å². The molecule has 6 fully saturated rings. The molecule has 27 heavy (non-hydrogen) atoms. The molecule has 1 aromatic carbocycles. The van der Waals surface area contributed by atoms with Crippen LogP contribution in [0.1, 0.15) is 23.2 Å². The minimum Gasteiger partial charge on any atom is -0.299 e. The second kappa shape index (κ2) is 3.76. The van der Waals surface area contributed by atoms with Crippen LogP contribution in [-0.2, 0) is 9.59 Å². The van der Waals surface area contributed by atoms with Gasteiger partial charge in [0.15, 0.2) is 5.78 Å². The Labute approximate surface area is 157 Å². The highest BCUT2D eigenvalue weighted by Gasteiger charge is 2.99. The Balaban J connectivity index is 1.35. The lowest BCUT2D eigenvalue weighted by Crippen LogP contribution is -2.77. The molecule has 11 atom stereocenters. The molecule has 0 unspecified atom stereocenters. The van der Waals surface area contributed by atoms with Crippen molar-refractivity contribution in [1.29, 1.82) is 0 Å². The highest BCUT2D eigenvalue weighted by molar-refractivity contribution is 6.13. The van der Waals surface area contributed by atoms with E-state index < -0.39 is 10.8 Å². The van der Waals surface area contributed by atoms with Gasteiger partial charge in [0.2, 0.25) is 0 Å². The van der Waals surface area contributed by atoms with Gasteiger partial charge in [-0.3, -0.25) is 14.4 Å². The maximum Gasteiger partial charge on any atom is 0.166 e. The first-order chi connectivity index (χ1) is 13.1. The molecule has 3 nitrogen and oxygen atoms in total. The van der Waals surface area contributed by atoms with Crippen LogP contribution in [-0.4, -0.2) is 17.3 Å². The van der Waals surface area contributed by atoms with E-state index >= 15 is 0 Å². The molecule has 6 saturated carbocycles. The fourth-order valence-corrected chi connectivity index (χ4v) is 10.3. The van der Waals surface area contributed by atoms with Crippen molar-refractivity contribution in [3.8, 4) is 0 Å². The van der Waals surface area contributed by atoms with Crippen LogP contribution in [0.15, 0.2) is 42.5 Å². The molecule has 134 valence electrons. The van der Waals surface area contributed by atoms with Crippen LogP contribution in [0.3, 0.4) is 0 Å². The number of allylic oxidation sites excluding steroid dienone is 2. The van der Waals surface area contributed by atoms with E-state index in [9.17, 15) is 14.4 Å². The maximum absolute atomic E-state index is 13.8. The summed E-state index contributed by atoms with van der Waals surface area (Å²) in [6.45, 7) is 0. The molecule has 3 heteroatoms. The number of carbonyl (C=O) groups is 3. The van der Waals surface area contributed by atoms with E-state index in [4.69, 9.17) is 0 Å². The van der Waals surface area contributed by atoms with Gasteiger partial charge in [0, 0.05) is 29.2 Å². The topological polar surface area (TPSA) is 51.2 Å². The molecule has 0 saturated heterocycles. The van der Waals surface area contributed by atoms with Gasteiger partial charge < -0.3 is 0 Å². The summed E-state index contributed by atoms with van der Waals surface area (Å²) in [7, 11) is 0. The molecule has 4 bridgehead atoms. The van der Waals surface area contributed by atoms with Gasteiger partial charge in [0.25, 0.3) is 0 Å². The molecule has 0 heterocycles. The Hall–Kier alpha value is -2.03. The summed E-state index contributed by atoms with van der Waals surface area (Å²) >= 11 is 0. The average molecular weight is 356 g/mol. The largest absolute Gasteiger partial charge is 0.299 e. The van der Waals surface area contributed by atoms with E-state index in [1.54, 1.807) is 0 Å². The van der Waals surface area contributed by atoms with E-state index in [-0.39, 0.29) is 35.4 Å². The lowest BCUT2D eigenvalue weighted by atomic mass is 9.27.